The van der Waals surface area contributed by atoms with Crippen LogP contribution in [0.15, 0.2) is 53.6 Å². The molecule has 2 unspecified atom stereocenters. The summed E-state index contributed by atoms with van der Waals surface area (Å²) in [7, 11) is -1.75. The summed E-state index contributed by atoms with van der Waals surface area (Å²) in [6.45, 7) is 3.87. The standard InChI is InChI=1S/C19H23N5O3S/c1-13-19(14(2)24(3)22-13)23-28(26,27)16-9-10-18(20-11-16)21-12-17(25)15-7-5-4-6-8-15/h4-11,17,25H,12H2,1-3H3,(H2-,20,21,23,26,27)/p+1. The van der Waals surface area contributed by atoms with E-state index in [0.717, 1.165) is 11.3 Å². The maximum atomic E-state index is 12.7. The molecule has 148 valence electrons. The number of benzene rings is 1. The molecule has 0 amide bonds. The summed E-state index contributed by atoms with van der Waals surface area (Å²) in [6, 6.07) is 12.4. The van der Waals surface area contributed by atoms with Gasteiger partial charge in [-0.3, -0.25) is 4.68 Å². The Bertz CT molecular complexity index is 989. The minimum atomic E-state index is -3.53. The third kappa shape index (κ3) is 4.38. The number of hydrogen-bond donors (Lipinski definition) is 4. The Balaban J connectivity index is 1.67. The first-order valence-corrected chi connectivity index (χ1v) is 10.3. The Morgan fingerprint density at radius 1 is 1.18 bits per heavy atom. The number of anilines is 2. The predicted octanol–water partition coefficient (Wildman–Crippen LogP) is 2.94. The van der Waals surface area contributed by atoms with Crippen molar-refractivity contribution in [3.8, 4) is 0 Å². The summed E-state index contributed by atoms with van der Waals surface area (Å²) in [4.78, 5) is 4.34. The Hall–Kier alpha value is -2.75. The fourth-order valence-corrected chi connectivity index (χ4v) is 3.90. The van der Waals surface area contributed by atoms with Crippen LogP contribution in [0.1, 0.15) is 23.1 Å². The number of aromatic nitrogens is 3. The average Bonchev–Trinajstić information content (AvgIpc) is 2.93. The molecule has 0 saturated carbocycles. The number of pyridine rings is 1. The molecule has 1 aromatic carbocycles. The second kappa shape index (κ2) is 8.09. The lowest BCUT2D eigenvalue weighted by molar-refractivity contribution is 0.191. The Labute approximate surface area is 165 Å². The maximum absolute atomic E-state index is 12.7. The first-order valence-electron chi connectivity index (χ1n) is 8.75. The molecule has 8 nitrogen and oxygen atoms in total. The van der Waals surface area contributed by atoms with Crippen molar-refractivity contribution in [2.45, 2.75) is 24.8 Å². The highest BCUT2D eigenvalue weighted by atomic mass is 32.3. The molecule has 4 N–H and O–H groups in total. The maximum Gasteiger partial charge on any atom is 0.347 e. The minimum absolute atomic E-state index is 0.157. The van der Waals surface area contributed by atoms with E-state index >= 15 is 0 Å². The third-order valence-electron chi connectivity index (χ3n) is 4.47. The largest absolute Gasteiger partial charge is 0.387 e. The van der Waals surface area contributed by atoms with Gasteiger partial charge >= 0.3 is 10.4 Å². The normalized spacial score (nSPS) is 14.3. The van der Waals surface area contributed by atoms with Gasteiger partial charge in [0.05, 0.1) is 23.7 Å². The quantitative estimate of drug-likeness (QED) is 0.452. The van der Waals surface area contributed by atoms with Crippen LogP contribution in [0.5, 0.6) is 0 Å². The summed E-state index contributed by atoms with van der Waals surface area (Å²) in [5.74, 6) is 0.502. The van der Waals surface area contributed by atoms with Gasteiger partial charge in [0.1, 0.15) is 11.5 Å². The molecule has 2 heterocycles. The van der Waals surface area contributed by atoms with Gasteiger partial charge in [-0.05, 0) is 29.7 Å². The van der Waals surface area contributed by atoms with Crippen LogP contribution in [0.2, 0.25) is 0 Å². The number of nitrogens with zero attached hydrogens (tertiary/aromatic N) is 3. The van der Waals surface area contributed by atoms with Gasteiger partial charge < -0.3 is 10.4 Å². The molecule has 3 aromatic rings. The van der Waals surface area contributed by atoms with Crippen LogP contribution in [0.25, 0.3) is 0 Å². The zero-order chi connectivity index (χ0) is 20.3. The molecule has 28 heavy (non-hydrogen) atoms. The smallest absolute Gasteiger partial charge is 0.347 e. The van der Waals surface area contributed by atoms with Crippen LogP contribution < -0.4 is 10.0 Å². The molecule has 2 atom stereocenters. The van der Waals surface area contributed by atoms with Crippen LogP contribution in [-0.2, 0) is 21.7 Å². The van der Waals surface area contributed by atoms with E-state index in [4.69, 9.17) is 0 Å². The van der Waals surface area contributed by atoms with E-state index < -0.39 is 16.5 Å². The van der Waals surface area contributed by atoms with E-state index in [1.54, 1.807) is 24.7 Å². The lowest BCUT2D eigenvalue weighted by atomic mass is 10.1. The number of nitrogens with one attached hydrogen (secondary N) is 2. The first kappa shape index (κ1) is 20.0. The van der Waals surface area contributed by atoms with Crippen molar-refractivity contribution in [3.05, 3.63) is 65.6 Å². The van der Waals surface area contributed by atoms with Gasteiger partial charge in [0.2, 0.25) is 4.90 Å². The van der Waals surface area contributed by atoms with Gasteiger partial charge in [0, 0.05) is 19.7 Å². The molecule has 9 heteroatoms. The molecule has 0 bridgehead atoms. The summed E-state index contributed by atoms with van der Waals surface area (Å²) in [5.41, 5.74) is 2.74. The number of aliphatic hydroxyl groups excluding tert-OH is 1. The molecule has 0 saturated heterocycles. The summed E-state index contributed by atoms with van der Waals surface area (Å²) in [5, 5.41) is 17.4. The highest BCUT2D eigenvalue weighted by Gasteiger charge is 2.32. The lowest BCUT2D eigenvalue weighted by Gasteiger charge is -2.13. The van der Waals surface area contributed by atoms with Crippen molar-refractivity contribution in [1.82, 2.24) is 14.8 Å². The zero-order valence-electron chi connectivity index (χ0n) is 16.0. The van der Waals surface area contributed by atoms with Gasteiger partial charge in [0.15, 0.2) is 0 Å². The number of rotatable bonds is 7. The van der Waals surface area contributed by atoms with Gasteiger partial charge in [-0.2, -0.15) is 14.4 Å². The van der Waals surface area contributed by atoms with Crippen LogP contribution >= 0.6 is 0 Å². The van der Waals surface area contributed by atoms with E-state index in [0.29, 0.717) is 17.2 Å². The fourth-order valence-electron chi connectivity index (χ4n) is 2.76. The average molecular weight is 403 g/mol. The molecular formula is C19H24N5O3S+. The lowest BCUT2D eigenvalue weighted by Crippen LogP contribution is -2.22. The monoisotopic (exact) mass is 402 g/mol. The second-order valence-electron chi connectivity index (χ2n) is 6.48. The predicted molar refractivity (Wildman–Crippen MR) is 109 cm³/mol. The van der Waals surface area contributed by atoms with Crippen molar-refractivity contribution >= 4 is 21.9 Å². The summed E-state index contributed by atoms with van der Waals surface area (Å²) < 4.78 is 27.5. The van der Waals surface area contributed by atoms with E-state index in [1.165, 1.54) is 12.3 Å². The van der Waals surface area contributed by atoms with Gasteiger partial charge in [-0.15, -0.1) is 0 Å². The second-order valence-corrected chi connectivity index (χ2v) is 8.21. The molecule has 0 radical (unpaired) electrons. The highest BCUT2D eigenvalue weighted by Crippen LogP contribution is 2.25. The third-order valence-corrected chi connectivity index (χ3v) is 5.83. The van der Waals surface area contributed by atoms with Crippen LogP contribution in [0.4, 0.5) is 11.5 Å². The van der Waals surface area contributed by atoms with Crippen LogP contribution in [-0.4, -0.2) is 31.0 Å². The molecule has 0 fully saturated rings. The van der Waals surface area contributed by atoms with Gasteiger partial charge in [-0.1, -0.05) is 30.3 Å². The van der Waals surface area contributed by atoms with E-state index in [1.807, 2.05) is 37.3 Å². The molecule has 0 aliphatic carbocycles. The number of hydrogen-bond acceptors (Lipinski definition) is 5. The Morgan fingerprint density at radius 2 is 1.89 bits per heavy atom. The zero-order valence-corrected chi connectivity index (χ0v) is 16.8. The Kier molecular flexibility index (Phi) is 5.78. The van der Waals surface area contributed by atoms with Crippen molar-refractivity contribution in [1.29, 1.82) is 0 Å². The highest BCUT2D eigenvalue weighted by molar-refractivity contribution is 7.99. The SMILES string of the molecule is Cc1nn(C)c(C)c1N[S+](=O)(O)c1ccc(NCC(O)c2ccccc2)nc1. The molecule has 3 rings (SSSR count). The number of aliphatic hydroxyl groups is 1. The first-order chi connectivity index (χ1) is 13.3. The summed E-state index contributed by atoms with van der Waals surface area (Å²) >= 11 is 0. The number of aryl methyl sites for hydroxylation is 2. The molecular weight excluding hydrogens is 378 g/mol. The van der Waals surface area contributed by atoms with Crippen molar-refractivity contribution in [3.63, 3.8) is 0 Å². The van der Waals surface area contributed by atoms with Gasteiger partial charge in [-0.25, -0.2) is 4.98 Å². The summed E-state index contributed by atoms with van der Waals surface area (Å²) in [6.07, 6.45) is 0.663. The molecule has 0 aliphatic rings. The van der Waals surface area contributed by atoms with Crippen LogP contribution in [0, 0.1) is 13.8 Å². The van der Waals surface area contributed by atoms with E-state index in [-0.39, 0.29) is 11.4 Å². The van der Waals surface area contributed by atoms with Crippen molar-refractivity contribution in [2.75, 3.05) is 16.6 Å². The van der Waals surface area contributed by atoms with Crippen LogP contribution in [0.3, 0.4) is 0 Å². The van der Waals surface area contributed by atoms with Gasteiger partial charge in [0.25, 0.3) is 0 Å². The van der Waals surface area contributed by atoms with E-state index in [9.17, 15) is 13.9 Å². The topological polar surface area (TPSA) is 112 Å². The molecule has 0 aliphatic heterocycles. The van der Waals surface area contributed by atoms with Crippen molar-refractivity contribution in [2.24, 2.45) is 7.05 Å². The molecule has 0 spiro atoms. The molecule has 2 aromatic heterocycles. The Morgan fingerprint density at radius 3 is 2.46 bits per heavy atom. The fraction of sp³-hybridized carbons (Fsp3) is 0.263. The van der Waals surface area contributed by atoms with Crippen molar-refractivity contribution < 1.29 is 13.9 Å². The van der Waals surface area contributed by atoms with E-state index in [2.05, 4.69) is 20.1 Å². The minimum Gasteiger partial charge on any atom is -0.387 e.